The van der Waals surface area contributed by atoms with Gasteiger partial charge in [0, 0.05) is 6.54 Å². The van der Waals surface area contributed by atoms with E-state index in [1.165, 1.54) is 4.57 Å². The molecule has 1 aromatic carbocycles. The van der Waals surface area contributed by atoms with E-state index in [1.807, 2.05) is 6.07 Å². The monoisotopic (exact) mass is 276 g/mol. The number of hydrogen-bond donors (Lipinski definition) is 1. The van der Waals surface area contributed by atoms with Crippen LogP contribution in [0.5, 0.6) is 0 Å². The Labute approximate surface area is 115 Å². The Morgan fingerprint density at radius 2 is 2.32 bits per heavy atom. The van der Waals surface area contributed by atoms with Crippen molar-refractivity contribution in [2.24, 2.45) is 5.73 Å². The first kappa shape index (κ1) is 13.5. The summed E-state index contributed by atoms with van der Waals surface area (Å²) in [7, 11) is 0. The van der Waals surface area contributed by atoms with E-state index in [4.69, 9.17) is 22.6 Å². The number of nitrogens with zero attached hydrogens (tertiary/aromatic N) is 3. The molecule has 2 rings (SSSR count). The third kappa shape index (κ3) is 2.46. The van der Waals surface area contributed by atoms with E-state index in [9.17, 15) is 4.79 Å². The molecule has 98 valence electrons. The summed E-state index contributed by atoms with van der Waals surface area (Å²) >= 11 is 6.05. The summed E-state index contributed by atoms with van der Waals surface area (Å²) < 4.78 is 1.43. The molecule has 0 spiro atoms. The Hall–Kier alpha value is -1.90. The zero-order valence-corrected chi connectivity index (χ0v) is 11.2. The minimum absolute atomic E-state index is 0.220. The molecule has 2 N–H and O–H groups in total. The first-order valence-corrected chi connectivity index (χ1v) is 6.25. The fourth-order valence-corrected chi connectivity index (χ4v) is 2.22. The lowest BCUT2D eigenvalue weighted by Crippen LogP contribution is -2.29. The van der Waals surface area contributed by atoms with Gasteiger partial charge in [-0.3, -0.25) is 9.36 Å². The van der Waals surface area contributed by atoms with Crippen molar-refractivity contribution in [3.8, 4) is 6.07 Å². The minimum Gasteiger partial charge on any atom is -0.322 e. The SMILES string of the molecule is C[C@H](N)c1nc2cccc(Cl)c2c(=O)n1CCC#N. The molecule has 0 fully saturated rings. The van der Waals surface area contributed by atoms with E-state index in [0.29, 0.717) is 21.7 Å². The Morgan fingerprint density at radius 1 is 1.58 bits per heavy atom. The van der Waals surface area contributed by atoms with Crippen LogP contribution in [0.1, 0.15) is 25.2 Å². The van der Waals surface area contributed by atoms with Gasteiger partial charge in [0.05, 0.1) is 34.5 Å². The van der Waals surface area contributed by atoms with Crippen LogP contribution >= 0.6 is 11.6 Å². The summed E-state index contributed by atoms with van der Waals surface area (Å²) in [6, 6.07) is 6.73. The molecule has 1 heterocycles. The van der Waals surface area contributed by atoms with Gasteiger partial charge in [0.1, 0.15) is 5.82 Å². The Kier molecular flexibility index (Phi) is 3.84. The number of aromatic nitrogens is 2. The predicted molar refractivity (Wildman–Crippen MR) is 73.8 cm³/mol. The molecular weight excluding hydrogens is 264 g/mol. The van der Waals surface area contributed by atoms with Crippen molar-refractivity contribution in [2.45, 2.75) is 25.9 Å². The molecule has 6 heteroatoms. The van der Waals surface area contributed by atoms with Crippen molar-refractivity contribution in [1.82, 2.24) is 9.55 Å². The first-order chi connectivity index (χ1) is 9.06. The largest absolute Gasteiger partial charge is 0.322 e. The zero-order valence-electron chi connectivity index (χ0n) is 10.4. The molecule has 1 atom stereocenters. The number of benzene rings is 1. The number of halogens is 1. The zero-order chi connectivity index (χ0) is 14.0. The topological polar surface area (TPSA) is 84.7 Å². The van der Waals surface area contributed by atoms with Crippen LogP contribution < -0.4 is 11.3 Å². The number of fused-ring (bicyclic) bond motifs is 1. The van der Waals surface area contributed by atoms with E-state index in [-0.39, 0.29) is 18.5 Å². The fourth-order valence-electron chi connectivity index (χ4n) is 1.97. The molecule has 0 saturated heterocycles. The molecule has 0 bridgehead atoms. The average Bonchev–Trinajstić information content (AvgIpc) is 2.37. The van der Waals surface area contributed by atoms with E-state index in [0.717, 1.165) is 0 Å². The summed E-state index contributed by atoms with van der Waals surface area (Å²) in [5.41, 5.74) is 6.12. The van der Waals surface area contributed by atoms with Crippen molar-refractivity contribution in [3.63, 3.8) is 0 Å². The van der Waals surface area contributed by atoms with Crippen LogP contribution in [0.2, 0.25) is 5.02 Å². The highest BCUT2D eigenvalue weighted by Gasteiger charge is 2.15. The van der Waals surface area contributed by atoms with Gasteiger partial charge in [-0.2, -0.15) is 5.26 Å². The minimum atomic E-state index is -0.394. The third-order valence-corrected chi connectivity index (χ3v) is 3.13. The molecule has 5 nitrogen and oxygen atoms in total. The lowest BCUT2D eigenvalue weighted by molar-refractivity contribution is 0.586. The van der Waals surface area contributed by atoms with Gasteiger partial charge in [0.2, 0.25) is 0 Å². The molecule has 0 amide bonds. The maximum atomic E-state index is 12.5. The number of rotatable bonds is 3. The van der Waals surface area contributed by atoms with Gasteiger partial charge in [0.15, 0.2) is 0 Å². The Balaban J connectivity index is 2.80. The highest BCUT2D eigenvalue weighted by atomic mass is 35.5. The van der Waals surface area contributed by atoms with Gasteiger partial charge in [-0.15, -0.1) is 0 Å². The summed E-state index contributed by atoms with van der Waals surface area (Å²) in [4.78, 5) is 16.8. The van der Waals surface area contributed by atoms with E-state index in [2.05, 4.69) is 4.98 Å². The van der Waals surface area contributed by atoms with Crippen LogP contribution in [0, 0.1) is 11.3 Å². The van der Waals surface area contributed by atoms with E-state index < -0.39 is 6.04 Å². The smallest absolute Gasteiger partial charge is 0.262 e. The molecule has 0 aliphatic heterocycles. The van der Waals surface area contributed by atoms with Gasteiger partial charge >= 0.3 is 0 Å². The van der Waals surface area contributed by atoms with Gasteiger partial charge in [-0.05, 0) is 19.1 Å². The summed E-state index contributed by atoms with van der Waals surface area (Å²) in [6.45, 7) is 2.02. The Morgan fingerprint density at radius 3 is 2.95 bits per heavy atom. The van der Waals surface area contributed by atoms with E-state index in [1.54, 1.807) is 25.1 Å². The number of hydrogen-bond acceptors (Lipinski definition) is 4. The van der Waals surface area contributed by atoms with Crippen molar-refractivity contribution >= 4 is 22.5 Å². The van der Waals surface area contributed by atoms with Gasteiger partial charge in [0.25, 0.3) is 5.56 Å². The van der Waals surface area contributed by atoms with Crippen LogP contribution in [0.3, 0.4) is 0 Å². The summed E-state index contributed by atoms with van der Waals surface area (Å²) in [6.07, 6.45) is 0.220. The van der Waals surface area contributed by atoms with Crippen molar-refractivity contribution in [1.29, 1.82) is 5.26 Å². The lowest BCUT2D eigenvalue weighted by Gasteiger charge is -2.15. The van der Waals surface area contributed by atoms with Crippen molar-refractivity contribution < 1.29 is 0 Å². The molecule has 19 heavy (non-hydrogen) atoms. The molecule has 0 aliphatic carbocycles. The molecule has 0 unspecified atom stereocenters. The van der Waals surface area contributed by atoms with Crippen LogP contribution in [-0.2, 0) is 6.54 Å². The van der Waals surface area contributed by atoms with Gasteiger partial charge in [-0.25, -0.2) is 4.98 Å². The highest BCUT2D eigenvalue weighted by molar-refractivity contribution is 6.35. The highest BCUT2D eigenvalue weighted by Crippen LogP contribution is 2.20. The fraction of sp³-hybridized carbons (Fsp3) is 0.308. The quantitative estimate of drug-likeness (QED) is 0.929. The average molecular weight is 277 g/mol. The van der Waals surface area contributed by atoms with Crippen LogP contribution in [0.4, 0.5) is 0 Å². The number of nitriles is 1. The number of nitrogens with two attached hydrogens (primary N) is 1. The maximum absolute atomic E-state index is 12.5. The second-order valence-electron chi connectivity index (χ2n) is 4.26. The molecule has 0 aliphatic rings. The van der Waals surface area contributed by atoms with Crippen LogP contribution in [0.25, 0.3) is 10.9 Å². The molecule has 0 radical (unpaired) electrons. The molecular formula is C13H13ClN4O. The van der Waals surface area contributed by atoms with Crippen LogP contribution in [0.15, 0.2) is 23.0 Å². The third-order valence-electron chi connectivity index (χ3n) is 2.82. The predicted octanol–water partition coefficient (Wildman–Crippen LogP) is 1.98. The Bertz CT molecular complexity index is 715. The standard InChI is InChI=1S/C13H13ClN4O/c1-8(16)12-17-10-5-2-4-9(14)11(10)13(19)18(12)7-3-6-15/h2,4-5,8H,3,7,16H2,1H3/t8-/m0/s1. The molecule has 1 aromatic heterocycles. The van der Waals surface area contributed by atoms with Gasteiger partial charge in [-0.1, -0.05) is 17.7 Å². The summed E-state index contributed by atoms with van der Waals surface area (Å²) in [5, 5.41) is 9.40. The summed E-state index contributed by atoms with van der Waals surface area (Å²) in [5.74, 6) is 0.468. The first-order valence-electron chi connectivity index (χ1n) is 5.87. The lowest BCUT2D eigenvalue weighted by atomic mass is 10.2. The molecule has 0 saturated carbocycles. The molecule has 2 aromatic rings. The van der Waals surface area contributed by atoms with Crippen LogP contribution in [-0.4, -0.2) is 9.55 Å². The van der Waals surface area contributed by atoms with E-state index >= 15 is 0 Å². The second kappa shape index (κ2) is 5.39. The van der Waals surface area contributed by atoms with Crippen molar-refractivity contribution in [2.75, 3.05) is 0 Å². The second-order valence-corrected chi connectivity index (χ2v) is 4.66. The van der Waals surface area contributed by atoms with Crippen molar-refractivity contribution in [3.05, 3.63) is 39.4 Å². The maximum Gasteiger partial charge on any atom is 0.262 e. The van der Waals surface area contributed by atoms with Gasteiger partial charge < -0.3 is 5.73 Å². The normalized spacial score (nSPS) is 12.3.